The van der Waals surface area contributed by atoms with Crippen molar-refractivity contribution in [2.45, 2.75) is 19.3 Å². The summed E-state index contributed by atoms with van der Waals surface area (Å²) in [6.45, 7) is 1.85. The van der Waals surface area contributed by atoms with Crippen LogP contribution in [0.4, 0.5) is 0 Å². The van der Waals surface area contributed by atoms with Gasteiger partial charge in [-0.05, 0) is 23.6 Å². The summed E-state index contributed by atoms with van der Waals surface area (Å²) in [7, 11) is 0. The zero-order valence-corrected chi connectivity index (χ0v) is 7.40. The first kappa shape index (κ1) is 9.58. The predicted molar refractivity (Wildman–Crippen MR) is 48.8 cm³/mol. The first-order valence-corrected chi connectivity index (χ1v) is 4.10. The Morgan fingerprint density at radius 3 is 2.38 bits per heavy atom. The number of phenols is 1. The minimum Gasteiger partial charge on any atom is -0.508 e. The van der Waals surface area contributed by atoms with E-state index in [4.69, 9.17) is 10.2 Å². The van der Waals surface area contributed by atoms with Crippen molar-refractivity contribution in [2.24, 2.45) is 0 Å². The van der Waals surface area contributed by atoms with E-state index in [1.54, 1.807) is 24.3 Å². The summed E-state index contributed by atoms with van der Waals surface area (Å²) >= 11 is 0. The van der Waals surface area contributed by atoms with Gasteiger partial charge in [0.2, 0.25) is 0 Å². The van der Waals surface area contributed by atoms with Gasteiger partial charge in [-0.25, -0.2) is 0 Å². The van der Waals surface area contributed by atoms with Gasteiger partial charge in [0.05, 0.1) is 6.42 Å². The molecule has 0 radical (unpaired) electrons. The molecule has 0 aliphatic rings. The van der Waals surface area contributed by atoms with E-state index in [0.717, 1.165) is 5.56 Å². The summed E-state index contributed by atoms with van der Waals surface area (Å²) in [5.41, 5.74) is 0.931. The van der Waals surface area contributed by atoms with Gasteiger partial charge in [0.25, 0.3) is 0 Å². The average molecular weight is 180 g/mol. The van der Waals surface area contributed by atoms with Crippen LogP contribution in [0.3, 0.4) is 0 Å². The summed E-state index contributed by atoms with van der Waals surface area (Å²) in [6.07, 6.45) is 0.116. The monoisotopic (exact) mass is 180 g/mol. The number of aromatic hydroxyl groups is 1. The van der Waals surface area contributed by atoms with Gasteiger partial charge >= 0.3 is 5.97 Å². The van der Waals surface area contributed by atoms with Gasteiger partial charge in [-0.3, -0.25) is 4.79 Å². The molecular weight excluding hydrogens is 168 g/mol. The molecule has 0 unspecified atom stereocenters. The lowest BCUT2D eigenvalue weighted by Gasteiger charge is -2.08. The molecule has 0 aliphatic heterocycles. The minimum absolute atomic E-state index is 0.0156. The standard InChI is InChI=1S/C10H12O3/c1-7(6-10(12)13)8-2-4-9(11)5-3-8/h2-5,7,11H,6H2,1H3,(H,12,13)/t7-/m0/s1. The Morgan fingerprint density at radius 1 is 1.38 bits per heavy atom. The molecule has 0 saturated carbocycles. The van der Waals surface area contributed by atoms with E-state index in [2.05, 4.69) is 0 Å². The van der Waals surface area contributed by atoms with Crippen LogP contribution >= 0.6 is 0 Å². The van der Waals surface area contributed by atoms with Crippen molar-refractivity contribution in [3.8, 4) is 5.75 Å². The molecule has 13 heavy (non-hydrogen) atoms. The highest BCUT2D eigenvalue weighted by Crippen LogP contribution is 2.20. The molecule has 1 rings (SSSR count). The van der Waals surface area contributed by atoms with E-state index in [-0.39, 0.29) is 18.1 Å². The molecule has 3 nitrogen and oxygen atoms in total. The van der Waals surface area contributed by atoms with Crippen LogP contribution in [-0.2, 0) is 4.79 Å². The Morgan fingerprint density at radius 2 is 1.92 bits per heavy atom. The van der Waals surface area contributed by atoms with Crippen molar-refractivity contribution < 1.29 is 15.0 Å². The first-order valence-electron chi connectivity index (χ1n) is 4.10. The Bertz CT molecular complexity index is 290. The summed E-state index contributed by atoms with van der Waals surface area (Å²) in [5, 5.41) is 17.6. The number of rotatable bonds is 3. The molecule has 1 aromatic rings. The molecule has 70 valence electrons. The van der Waals surface area contributed by atoms with Gasteiger partial charge in [-0.15, -0.1) is 0 Å². The number of carbonyl (C=O) groups is 1. The van der Waals surface area contributed by atoms with Crippen LogP contribution < -0.4 is 0 Å². The SMILES string of the molecule is C[C@@H](CC(=O)O)c1ccc(O)cc1. The summed E-state index contributed by atoms with van der Waals surface area (Å²) in [5.74, 6) is -0.620. The lowest BCUT2D eigenvalue weighted by Crippen LogP contribution is -2.02. The van der Waals surface area contributed by atoms with Crippen molar-refractivity contribution in [1.82, 2.24) is 0 Å². The number of hydrogen-bond donors (Lipinski definition) is 2. The maximum atomic E-state index is 10.4. The van der Waals surface area contributed by atoms with Crippen LogP contribution in [0.2, 0.25) is 0 Å². The van der Waals surface area contributed by atoms with Gasteiger partial charge in [-0.1, -0.05) is 19.1 Å². The second kappa shape index (κ2) is 3.94. The van der Waals surface area contributed by atoms with Crippen molar-refractivity contribution in [3.63, 3.8) is 0 Å². The third-order valence-electron chi connectivity index (χ3n) is 1.94. The zero-order chi connectivity index (χ0) is 9.84. The van der Waals surface area contributed by atoms with Gasteiger partial charge in [-0.2, -0.15) is 0 Å². The fourth-order valence-corrected chi connectivity index (χ4v) is 1.18. The van der Waals surface area contributed by atoms with Gasteiger partial charge in [0.1, 0.15) is 5.75 Å². The smallest absolute Gasteiger partial charge is 0.303 e. The van der Waals surface area contributed by atoms with Crippen molar-refractivity contribution in [2.75, 3.05) is 0 Å². The molecular formula is C10H12O3. The number of benzene rings is 1. The third-order valence-corrected chi connectivity index (χ3v) is 1.94. The number of hydrogen-bond acceptors (Lipinski definition) is 2. The van der Waals surface area contributed by atoms with E-state index in [9.17, 15) is 4.79 Å². The molecule has 3 heteroatoms. The van der Waals surface area contributed by atoms with Crippen molar-refractivity contribution in [3.05, 3.63) is 29.8 Å². The number of phenolic OH excluding ortho intramolecular Hbond substituents is 1. The maximum Gasteiger partial charge on any atom is 0.303 e. The lowest BCUT2D eigenvalue weighted by molar-refractivity contribution is -0.137. The molecule has 0 bridgehead atoms. The topological polar surface area (TPSA) is 57.5 Å². The molecule has 0 amide bonds. The predicted octanol–water partition coefficient (Wildman–Crippen LogP) is 1.97. The normalized spacial score (nSPS) is 12.4. The number of carboxylic acid groups (broad SMARTS) is 1. The zero-order valence-electron chi connectivity index (χ0n) is 7.40. The molecule has 1 atom stereocenters. The van der Waals surface area contributed by atoms with E-state index in [1.165, 1.54) is 0 Å². The minimum atomic E-state index is -0.805. The van der Waals surface area contributed by atoms with Crippen LogP contribution in [0.1, 0.15) is 24.8 Å². The van der Waals surface area contributed by atoms with Crippen molar-refractivity contribution >= 4 is 5.97 Å². The Labute approximate surface area is 76.6 Å². The van der Waals surface area contributed by atoms with Crippen LogP contribution in [0.5, 0.6) is 5.75 Å². The second-order valence-electron chi connectivity index (χ2n) is 3.09. The lowest BCUT2D eigenvalue weighted by atomic mass is 9.98. The van der Waals surface area contributed by atoms with Crippen LogP contribution in [-0.4, -0.2) is 16.2 Å². The summed E-state index contributed by atoms with van der Waals surface area (Å²) in [4.78, 5) is 10.4. The third kappa shape index (κ3) is 2.78. The van der Waals surface area contributed by atoms with E-state index in [1.807, 2.05) is 6.92 Å². The van der Waals surface area contributed by atoms with Gasteiger partial charge in [0, 0.05) is 0 Å². The van der Waals surface area contributed by atoms with Gasteiger partial charge in [0.15, 0.2) is 0 Å². The second-order valence-corrected chi connectivity index (χ2v) is 3.09. The summed E-state index contributed by atoms with van der Waals surface area (Å²) < 4.78 is 0. The van der Waals surface area contributed by atoms with Crippen molar-refractivity contribution in [1.29, 1.82) is 0 Å². The van der Waals surface area contributed by atoms with Crippen LogP contribution in [0, 0.1) is 0 Å². The molecule has 0 aromatic heterocycles. The Kier molecular flexibility index (Phi) is 2.90. The Hall–Kier alpha value is -1.51. The molecule has 1 aromatic carbocycles. The number of aliphatic carboxylic acids is 1. The fraction of sp³-hybridized carbons (Fsp3) is 0.300. The maximum absolute atomic E-state index is 10.4. The molecule has 0 aliphatic carbocycles. The largest absolute Gasteiger partial charge is 0.508 e. The van der Waals surface area contributed by atoms with E-state index >= 15 is 0 Å². The molecule has 0 spiro atoms. The number of carboxylic acids is 1. The quantitative estimate of drug-likeness (QED) is 0.747. The fourth-order valence-electron chi connectivity index (χ4n) is 1.18. The van der Waals surface area contributed by atoms with Crippen LogP contribution in [0.15, 0.2) is 24.3 Å². The molecule has 0 heterocycles. The van der Waals surface area contributed by atoms with E-state index < -0.39 is 5.97 Å². The van der Waals surface area contributed by atoms with E-state index in [0.29, 0.717) is 0 Å². The molecule has 0 saturated heterocycles. The van der Waals surface area contributed by atoms with Crippen LogP contribution in [0.25, 0.3) is 0 Å². The summed E-state index contributed by atoms with van der Waals surface area (Å²) in [6, 6.07) is 6.60. The first-order chi connectivity index (χ1) is 6.09. The molecule has 2 N–H and O–H groups in total. The highest BCUT2D eigenvalue weighted by atomic mass is 16.4. The Balaban J connectivity index is 2.71. The highest BCUT2D eigenvalue weighted by Gasteiger charge is 2.09. The average Bonchev–Trinajstić information content (AvgIpc) is 2.04. The highest BCUT2D eigenvalue weighted by molar-refractivity contribution is 5.67. The van der Waals surface area contributed by atoms with Gasteiger partial charge < -0.3 is 10.2 Å². The molecule has 0 fully saturated rings.